The van der Waals surface area contributed by atoms with E-state index in [0.717, 1.165) is 17.6 Å². The second-order valence-electron chi connectivity index (χ2n) is 4.23. The van der Waals surface area contributed by atoms with Crippen LogP contribution in [0.15, 0.2) is 5.38 Å². The number of carbonyl (C=O) groups excluding carboxylic acids is 1. The van der Waals surface area contributed by atoms with E-state index in [-0.39, 0.29) is 24.1 Å². The van der Waals surface area contributed by atoms with Crippen molar-refractivity contribution in [2.24, 2.45) is 0 Å². The van der Waals surface area contributed by atoms with E-state index < -0.39 is 10.0 Å². The van der Waals surface area contributed by atoms with Gasteiger partial charge >= 0.3 is 0 Å². The maximum Gasteiger partial charge on any atom is 0.231 e. The summed E-state index contributed by atoms with van der Waals surface area (Å²) in [7, 11) is -3.35. The molecule has 0 fully saturated rings. The van der Waals surface area contributed by atoms with Crippen molar-refractivity contribution in [3.63, 3.8) is 0 Å². The fourth-order valence-corrected chi connectivity index (χ4v) is 2.95. The number of nitrogens with one attached hydrogen (secondary N) is 2. The molecule has 0 radical (unpaired) electrons. The van der Waals surface area contributed by atoms with Crippen LogP contribution >= 0.6 is 11.3 Å². The van der Waals surface area contributed by atoms with Gasteiger partial charge in [-0.3, -0.25) is 9.52 Å². The second kappa shape index (κ2) is 8.93. The lowest BCUT2D eigenvalue weighted by molar-refractivity contribution is -0.120. The first kappa shape index (κ1) is 17.8. The molecule has 120 valence electrons. The first-order chi connectivity index (χ1) is 9.90. The van der Waals surface area contributed by atoms with Gasteiger partial charge in [0.25, 0.3) is 0 Å². The zero-order valence-corrected chi connectivity index (χ0v) is 13.3. The predicted octanol–water partition coefficient (Wildman–Crippen LogP) is -0.428. The number of hydrogen-bond acceptors (Lipinski definition) is 7. The average molecular weight is 337 g/mol. The topological polar surface area (TPSA) is 118 Å². The summed E-state index contributed by atoms with van der Waals surface area (Å²) in [6.07, 6.45) is 1.79. The quantitative estimate of drug-likeness (QED) is 0.499. The number of amides is 1. The molecule has 0 atom stereocenters. The number of carbonyl (C=O) groups is 1. The molecular formula is C11H19N3O5S2. The summed E-state index contributed by atoms with van der Waals surface area (Å²) < 4.78 is 29.4. The molecular weight excluding hydrogens is 318 g/mol. The minimum absolute atomic E-state index is 0.0139. The Kier molecular flexibility index (Phi) is 7.57. The number of hydrogen-bond donors (Lipinski definition) is 3. The normalized spacial score (nSPS) is 11.3. The number of ether oxygens (including phenoxy) is 1. The van der Waals surface area contributed by atoms with E-state index in [1.165, 1.54) is 0 Å². The van der Waals surface area contributed by atoms with Crippen molar-refractivity contribution in [1.82, 2.24) is 10.3 Å². The molecule has 1 amide bonds. The first-order valence-electron chi connectivity index (χ1n) is 6.28. The molecule has 21 heavy (non-hydrogen) atoms. The summed E-state index contributed by atoms with van der Waals surface area (Å²) in [6.45, 7) is 1.23. The molecule has 3 N–H and O–H groups in total. The van der Waals surface area contributed by atoms with Gasteiger partial charge in [0.15, 0.2) is 5.13 Å². The summed E-state index contributed by atoms with van der Waals surface area (Å²) in [5, 5.41) is 13.1. The lowest BCUT2D eigenvalue weighted by atomic mass is 10.3. The maximum absolute atomic E-state index is 11.6. The van der Waals surface area contributed by atoms with Crippen LogP contribution in [0.1, 0.15) is 12.1 Å². The van der Waals surface area contributed by atoms with Crippen molar-refractivity contribution in [1.29, 1.82) is 0 Å². The van der Waals surface area contributed by atoms with Gasteiger partial charge < -0.3 is 15.2 Å². The summed E-state index contributed by atoms with van der Waals surface area (Å²) in [5.41, 5.74) is 0.514. The van der Waals surface area contributed by atoms with Gasteiger partial charge in [-0.05, 0) is 6.42 Å². The molecule has 0 spiro atoms. The number of aliphatic hydroxyl groups excluding tert-OH is 1. The summed E-state index contributed by atoms with van der Waals surface area (Å²) >= 11 is 1.13. The van der Waals surface area contributed by atoms with Crippen LogP contribution in [0.25, 0.3) is 0 Å². The SMILES string of the molecule is CS(=O)(=O)Nc1nc(CC(=O)NCCCOCCO)cs1. The van der Waals surface area contributed by atoms with Crippen LogP contribution < -0.4 is 10.0 Å². The summed E-state index contributed by atoms with van der Waals surface area (Å²) in [4.78, 5) is 15.6. The molecule has 0 saturated heterocycles. The molecule has 0 aliphatic rings. The molecule has 10 heteroatoms. The number of sulfonamides is 1. The molecule has 1 aromatic heterocycles. The van der Waals surface area contributed by atoms with E-state index in [2.05, 4.69) is 15.0 Å². The van der Waals surface area contributed by atoms with Crippen molar-refractivity contribution >= 4 is 32.4 Å². The van der Waals surface area contributed by atoms with Crippen LogP contribution in [0.4, 0.5) is 5.13 Å². The highest BCUT2D eigenvalue weighted by Gasteiger charge is 2.09. The Hall–Kier alpha value is -1.23. The van der Waals surface area contributed by atoms with Crippen LogP contribution in [0.2, 0.25) is 0 Å². The van der Waals surface area contributed by atoms with Crippen molar-refractivity contribution in [3.05, 3.63) is 11.1 Å². The van der Waals surface area contributed by atoms with Crippen LogP contribution in [0, 0.1) is 0 Å². The number of anilines is 1. The molecule has 0 aliphatic carbocycles. The minimum Gasteiger partial charge on any atom is -0.394 e. The van der Waals surface area contributed by atoms with Gasteiger partial charge in [-0.1, -0.05) is 0 Å². The van der Waals surface area contributed by atoms with E-state index in [4.69, 9.17) is 9.84 Å². The van der Waals surface area contributed by atoms with Gasteiger partial charge in [0, 0.05) is 18.5 Å². The van der Waals surface area contributed by atoms with Gasteiger partial charge in [-0.25, -0.2) is 13.4 Å². The highest BCUT2D eigenvalue weighted by molar-refractivity contribution is 7.92. The fourth-order valence-electron chi connectivity index (χ4n) is 1.39. The van der Waals surface area contributed by atoms with Gasteiger partial charge in [-0.15, -0.1) is 11.3 Å². The van der Waals surface area contributed by atoms with Crippen molar-refractivity contribution in [2.45, 2.75) is 12.8 Å². The van der Waals surface area contributed by atoms with E-state index in [0.29, 0.717) is 31.9 Å². The molecule has 1 aromatic rings. The third-order valence-electron chi connectivity index (χ3n) is 2.19. The van der Waals surface area contributed by atoms with Gasteiger partial charge in [0.05, 0.1) is 31.6 Å². The molecule has 1 heterocycles. The predicted molar refractivity (Wildman–Crippen MR) is 79.8 cm³/mol. The van der Waals surface area contributed by atoms with Crippen molar-refractivity contribution in [3.8, 4) is 0 Å². The molecule has 0 saturated carbocycles. The lowest BCUT2D eigenvalue weighted by Gasteiger charge is -2.04. The summed E-state index contributed by atoms with van der Waals surface area (Å²) in [5.74, 6) is -0.187. The molecule has 8 nitrogen and oxygen atoms in total. The van der Waals surface area contributed by atoms with Crippen molar-refractivity contribution in [2.75, 3.05) is 37.3 Å². The highest BCUT2D eigenvalue weighted by Crippen LogP contribution is 2.16. The lowest BCUT2D eigenvalue weighted by Crippen LogP contribution is -2.27. The monoisotopic (exact) mass is 337 g/mol. The average Bonchev–Trinajstić information content (AvgIpc) is 2.78. The molecule has 0 unspecified atom stereocenters. The Bertz CT molecular complexity index is 544. The number of rotatable bonds is 10. The zero-order chi connectivity index (χ0) is 15.7. The van der Waals surface area contributed by atoms with Crippen LogP contribution in [0.3, 0.4) is 0 Å². The standard InChI is InChI=1S/C11H19N3O5S2/c1-21(17,18)14-11-13-9(8-20-11)7-10(16)12-3-2-5-19-6-4-15/h8,15H,2-7H2,1H3,(H,12,16)(H,13,14). The minimum atomic E-state index is -3.35. The Morgan fingerprint density at radius 3 is 2.90 bits per heavy atom. The molecule has 0 bridgehead atoms. The maximum atomic E-state index is 11.6. The third-order valence-corrected chi connectivity index (χ3v) is 3.69. The largest absolute Gasteiger partial charge is 0.394 e. The number of aromatic nitrogens is 1. The van der Waals surface area contributed by atoms with Crippen molar-refractivity contribution < 1.29 is 23.1 Å². The number of thiazole rings is 1. The van der Waals surface area contributed by atoms with Crippen LogP contribution in [-0.4, -0.2) is 57.0 Å². The zero-order valence-electron chi connectivity index (χ0n) is 11.7. The smallest absolute Gasteiger partial charge is 0.231 e. The van der Waals surface area contributed by atoms with E-state index in [1.54, 1.807) is 5.38 Å². The second-order valence-corrected chi connectivity index (χ2v) is 6.84. The molecule has 0 aromatic carbocycles. The van der Waals surface area contributed by atoms with E-state index in [9.17, 15) is 13.2 Å². The number of aliphatic hydroxyl groups is 1. The Balaban J connectivity index is 2.25. The van der Waals surface area contributed by atoms with E-state index in [1.807, 2.05) is 0 Å². The highest BCUT2D eigenvalue weighted by atomic mass is 32.2. The van der Waals surface area contributed by atoms with Gasteiger partial charge in [-0.2, -0.15) is 0 Å². The number of nitrogens with zero attached hydrogens (tertiary/aromatic N) is 1. The summed E-state index contributed by atoms with van der Waals surface area (Å²) in [6, 6.07) is 0. The third kappa shape index (κ3) is 8.60. The van der Waals surface area contributed by atoms with E-state index >= 15 is 0 Å². The molecule has 0 aliphatic heterocycles. The Labute approximate surface area is 127 Å². The van der Waals surface area contributed by atoms with Gasteiger partial charge in [0.2, 0.25) is 15.9 Å². The van der Waals surface area contributed by atoms with Crippen LogP contribution in [0.5, 0.6) is 0 Å². The Morgan fingerprint density at radius 1 is 1.48 bits per heavy atom. The van der Waals surface area contributed by atoms with Crippen LogP contribution in [-0.2, 0) is 26.0 Å². The first-order valence-corrected chi connectivity index (χ1v) is 9.05. The molecule has 1 rings (SSSR count). The van der Waals surface area contributed by atoms with Gasteiger partial charge in [0.1, 0.15) is 0 Å². The Morgan fingerprint density at radius 2 is 2.24 bits per heavy atom. The fraction of sp³-hybridized carbons (Fsp3) is 0.636.